The molecule has 0 aliphatic rings. The van der Waals surface area contributed by atoms with E-state index in [2.05, 4.69) is 0 Å². The van der Waals surface area contributed by atoms with Gasteiger partial charge in [-0.25, -0.2) is 0 Å². The summed E-state index contributed by atoms with van der Waals surface area (Å²) in [5.74, 6) is 0. The second-order valence-electron chi connectivity index (χ2n) is 3.57. The average Bonchev–Trinajstić information content (AvgIpc) is 2.42. The van der Waals surface area contributed by atoms with Crippen molar-refractivity contribution in [1.82, 2.24) is 4.57 Å². The van der Waals surface area contributed by atoms with Gasteiger partial charge in [-0.1, -0.05) is 18.2 Å². The van der Waals surface area contributed by atoms with Gasteiger partial charge in [0.25, 0.3) is 0 Å². The summed E-state index contributed by atoms with van der Waals surface area (Å²) in [7, 11) is 1.75. The summed E-state index contributed by atoms with van der Waals surface area (Å²) in [4.78, 5) is 0. The van der Waals surface area contributed by atoms with Crippen LogP contribution in [0.5, 0.6) is 0 Å². The van der Waals surface area contributed by atoms with Crippen LogP contribution in [-0.2, 0) is 13.5 Å². The first kappa shape index (κ1) is 10.1. The van der Waals surface area contributed by atoms with Crippen LogP contribution >= 0.6 is 0 Å². The lowest BCUT2D eigenvalue weighted by molar-refractivity contribution is -0.127. The van der Waals surface area contributed by atoms with Crippen molar-refractivity contribution in [1.29, 1.82) is 0 Å². The number of nitrogens with zero attached hydrogens (tertiary/aromatic N) is 1. The molecule has 1 nitrogen and oxygen atoms in total. The Kier molecular flexibility index (Phi) is 2.21. The fourth-order valence-corrected chi connectivity index (χ4v) is 1.78. The molecule has 0 aliphatic carbocycles. The van der Waals surface area contributed by atoms with E-state index in [-0.39, 0.29) is 0 Å². The molecule has 0 bridgehead atoms. The number of rotatable bonds is 1. The zero-order valence-corrected chi connectivity index (χ0v) is 8.17. The minimum Gasteiger partial charge on any atom is -0.350 e. The van der Waals surface area contributed by atoms with Gasteiger partial charge in [-0.15, -0.1) is 0 Å². The highest BCUT2D eigenvalue weighted by molar-refractivity contribution is 5.83. The van der Waals surface area contributed by atoms with E-state index in [1.165, 1.54) is 6.20 Å². The molecule has 0 saturated heterocycles. The summed E-state index contributed by atoms with van der Waals surface area (Å²) in [6.45, 7) is 0. The fraction of sp³-hybridized carbons (Fsp3) is 0.273. The van der Waals surface area contributed by atoms with Crippen molar-refractivity contribution < 1.29 is 13.2 Å². The summed E-state index contributed by atoms with van der Waals surface area (Å²) in [6.07, 6.45) is -3.48. The molecular formula is C11H10F3N. The summed E-state index contributed by atoms with van der Waals surface area (Å²) in [5.41, 5.74) is 1.16. The first-order chi connectivity index (χ1) is 6.97. The summed E-state index contributed by atoms with van der Waals surface area (Å²) >= 11 is 0. The zero-order chi connectivity index (χ0) is 11.1. The molecule has 2 rings (SSSR count). The minimum atomic E-state index is -4.15. The fourth-order valence-electron chi connectivity index (χ4n) is 1.78. The Balaban J connectivity index is 2.53. The molecule has 2 aromatic rings. The summed E-state index contributed by atoms with van der Waals surface area (Å²) in [6, 6.07) is 7.10. The van der Waals surface area contributed by atoms with Gasteiger partial charge in [0.15, 0.2) is 0 Å². The molecule has 1 aromatic heterocycles. The van der Waals surface area contributed by atoms with E-state index < -0.39 is 12.6 Å². The monoisotopic (exact) mass is 213 g/mol. The Bertz CT molecular complexity index is 482. The smallest absolute Gasteiger partial charge is 0.350 e. The third-order valence-corrected chi connectivity index (χ3v) is 2.37. The van der Waals surface area contributed by atoms with E-state index in [1.54, 1.807) is 23.7 Å². The van der Waals surface area contributed by atoms with Gasteiger partial charge in [-0.2, -0.15) is 13.2 Å². The number of hydrogen-bond acceptors (Lipinski definition) is 0. The maximum atomic E-state index is 12.3. The number of aryl methyl sites for hydroxylation is 1. The molecule has 1 aromatic carbocycles. The van der Waals surface area contributed by atoms with E-state index in [1.807, 2.05) is 12.1 Å². The number of alkyl halides is 3. The van der Waals surface area contributed by atoms with Crippen molar-refractivity contribution in [2.75, 3.05) is 0 Å². The lowest BCUT2D eigenvalue weighted by atomic mass is 10.1. The van der Waals surface area contributed by atoms with Gasteiger partial charge in [0.2, 0.25) is 0 Å². The lowest BCUT2D eigenvalue weighted by Gasteiger charge is -2.04. The van der Waals surface area contributed by atoms with Crippen LogP contribution in [0.4, 0.5) is 13.2 Å². The number of hydrogen-bond donors (Lipinski definition) is 0. The molecule has 0 saturated carbocycles. The molecule has 80 valence electrons. The second kappa shape index (κ2) is 3.29. The molecule has 0 spiro atoms. The zero-order valence-electron chi connectivity index (χ0n) is 8.17. The highest BCUT2D eigenvalue weighted by atomic mass is 19.4. The van der Waals surface area contributed by atoms with Gasteiger partial charge in [-0.3, -0.25) is 0 Å². The molecule has 1 heterocycles. The number of aromatic nitrogens is 1. The molecule has 0 radical (unpaired) electrons. The van der Waals surface area contributed by atoms with Gasteiger partial charge in [0, 0.05) is 24.1 Å². The Hall–Kier alpha value is -1.45. The van der Waals surface area contributed by atoms with Crippen molar-refractivity contribution in [2.45, 2.75) is 12.6 Å². The molecular weight excluding hydrogens is 203 g/mol. The van der Waals surface area contributed by atoms with E-state index in [4.69, 9.17) is 0 Å². The molecule has 4 heteroatoms. The SMILES string of the molecule is Cn1cc(CC(F)(F)F)c2ccccc21. The standard InChI is InChI=1S/C11H10F3N/c1-15-7-8(6-11(12,13)14)9-4-2-3-5-10(9)15/h2-5,7H,6H2,1H3. The highest BCUT2D eigenvalue weighted by Gasteiger charge is 2.29. The topological polar surface area (TPSA) is 4.93 Å². The maximum Gasteiger partial charge on any atom is 0.393 e. The van der Waals surface area contributed by atoms with Crippen molar-refractivity contribution in [3.05, 3.63) is 36.0 Å². The van der Waals surface area contributed by atoms with Crippen LogP contribution in [0.1, 0.15) is 5.56 Å². The molecule has 0 amide bonds. The Morgan fingerprint density at radius 1 is 1.20 bits per heavy atom. The Labute approximate surface area is 85.1 Å². The number of para-hydroxylation sites is 1. The van der Waals surface area contributed by atoms with E-state index in [0.717, 1.165) is 5.52 Å². The molecule has 15 heavy (non-hydrogen) atoms. The number of benzene rings is 1. The van der Waals surface area contributed by atoms with Gasteiger partial charge >= 0.3 is 6.18 Å². The second-order valence-corrected chi connectivity index (χ2v) is 3.57. The molecule has 0 unspecified atom stereocenters. The lowest BCUT2D eigenvalue weighted by Crippen LogP contribution is -2.11. The van der Waals surface area contributed by atoms with Gasteiger partial charge in [0.1, 0.15) is 0 Å². The van der Waals surface area contributed by atoms with Crippen LogP contribution in [0.15, 0.2) is 30.5 Å². The number of halogens is 3. The predicted molar refractivity (Wildman–Crippen MR) is 52.7 cm³/mol. The summed E-state index contributed by atoms with van der Waals surface area (Å²) < 4.78 is 38.5. The van der Waals surface area contributed by atoms with Crippen LogP contribution in [-0.4, -0.2) is 10.7 Å². The van der Waals surface area contributed by atoms with E-state index in [0.29, 0.717) is 10.9 Å². The van der Waals surface area contributed by atoms with Gasteiger partial charge in [-0.05, 0) is 11.6 Å². The van der Waals surface area contributed by atoms with Crippen LogP contribution in [0.2, 0.25) is 0 Å². The Morgan fingerprint density at radius 3 is 2.53 bits per heavy atom. The predicted octanol–water partition coefficient (Wildman–Crippen LogP) is 3.28. The van der Waals surface area contributed by atoms with Crippen molar-refractivity contribution >= 4 is 10.9 Å². The molecule has 0 aliphatic heterocycles. The third-order valence-electron chi connectivity index (χ3n) is 2.37. The van der Waals surface area contributed by atoms with E-state index in [9.17, 15) is 13.2 Å². The van der Waals surface area contributed by atoms with Crippen molar-refractivity contribution in [3.8, 4) is 0 Å². The van der Waals surface area contributed by atoms with Crippen molar-refractivity contribution in [2.24, 2.45) is 7.05 Å². The van der Waals surface area contributed by atoms with Gasteiger partial charge < -0.3 is 4.57 Å². The number of fused-ring (bicyclic) bond motifs is 1. The average molecular weight is 213 g/mol. The maximum absolute atomic E-state index is 12.3. The van der Waals surface area contributed by atoms with Crippen LogP contribution in [0.25, 0.3) is 10.9 Å². The normalized spacial score (nSPS) is 12.3. The quantitative estimate of drug-likeness (QED) is 0.685. The third kappa shape index (κ3) is 1.98. The van der Waals surface area contributed by atoms with Crippen LogP contribution in [0.3, 0.4) is 0 Å². The van der Waals surface area contributed by atoms with Crippen LogP contribution in [0, 0.1) is 0 Å². The molecule has 0 N–H and O–H groups in total. The highest BCUT2D eigenvalue weighted by Crippen LogP contribution is 2.27. The summed E-state index contributed by atoms with van der Waals surface area (Å²) in [5, 5.41) is 0.678. The van der Waals surface area contributed by atoms with Gasteiger partial charge in [0.05, 0.1) is 6.42 Å². The van der Waals surface area contributed by atoms with Crippen molar-refractivity contribution in [3.63, 3.8) is 0 Å². The largest absolute Gasteiger partial charge is 0.393 e. The molecule has 0 fully saturated rings. The Morgan fingerprint density at radius 2 is 1.87 bits per heavy atom. The molecule has 0 atom stereocenters. The minimum absolute atomic E-state index is 0.334. The van der Waals surface area contributed by atoms with E-state index >= 15 is 0 Å². The first-order valence-electron chi connectivity index (χ1n) is 4.57. The first-order valence-corrected chi connectivity index (χ1v) is 4.57. The van der Waals surface area contributed by atoms with Crippen LogP contribution < -0.4 is 0 Å².